The first-order chi connectivity index (χ1) is 12.5. The number of carboxylic acids is 2. The number of aliphatic hydroxyl groups is 1. The molecule has 18 heteroatoms. The van der Waals surface area contributed by atoms with Gasteiger partial charge in [0.2, 0.25) is 0 Å². The van der Waals surface area contributed by atoms with Crippen LogP contribution in [0.15, 0.2) is 11.6 Å². The minimum Gasteiger partial charge on any atom is -0.478 e. The number of aliphatic carboxylic acids is 2. The number of carbonyl (C=O) groups is 2. The normalized spacial score (nSPS) is 25.9. The van der Waals surface area contributed by atoms with E-state index in [0.29, 0.717) is 6.08 Å². The first kappa shape index (κ1) is 24.7. The second kappa shape index (κ2) is 8.59. The van der Waals surface area contributed by atoms with Crippen molar-refractivity contribution >= 4 is 27.6 Å². The van der Waals surface area contributed by atoms with Gasteiger partial charge in [-0.3, -0.25) is 4.52 Å². The van der Waals surface area contributed by atoms with Gasteiger partial charge in [-0.2, -0.15) is 0 Å². The summed E-state index contributed by atoms with van der Waals surface area (Å²) in [5.41, 5.74) is -0.793. The van der Waals surface area contributed by atoms with Crippen LogP contribution in [-0.2, 0) is 32.5 Å². The van der Waals surface area contributed by atoms with Crippen LogP contribution in [0.4, 0.5) is 8.78 Å². The van der Waals surface area contributed by atoms with E-state index < -0.39 is 70.1 Å². The van der Waals surface area contributed by atoms with E-state index in [9.17, 15) is 32.6 Å². The number of rotatable bonds is 9. The molecule has 0 fully saturated rings. The summed E-state index contributed by atoms with van der Waals surface area (Å²) in [6, 6.07) is 0. The van der Waals surface area contributed by atoms with Crippen molar-refractivity contribution in [2.24, 2.45) is 0 Å². The largest absolute Gasteiger partial charge is 0.478 e. The number of carboxylic acid groups (broad SMARTS) is 2. The van der Waals surface area contributed by atoms with Crippen molar-refractivity contribution in [1.29, 1.82) is 0 Å². The van der Waals surface area contributed by atoms with Gasteiger partial charge in [0.25, 0.3) is 0 Å². The van der Waals surface area contributed by atoms with Crippen molar-refractivity contribution in [3.05, 3.63) is 11.6 Å². The summed E-state index contributed by atoms with van der Waals surface area (Å²) in [6.45, 7) is 0. The van der Waals surface area contributed by atoms with Crippen LogP contribution in [0.1, 0.15) is 6.42 Å². The summed E-state index contributed by atoms with van der Waals surface area (Å²) in [5, 5.41) is 27.9. The van der Waals surface area contributed by atoms with Gasteiger partial charge in [0.1, 0.15) is 12.2 Å². The van der Waals surface area contributed by atoms with Gasteiger partial charge in [0.05, 0.1) is 6.10 Å². The summed E-state index contributed by atoms with van der Waals surface area (Å²) in [4.78, 5) is 57.3. The van der Waals surface area contributed by atoms with Crippen LogP contribution in [0.25, 0.3) is 0 Å². The molecule has 162 valence electrons. The highest BCUT2D eigenvalue weighted by molar-refractivity contribution is 7.46. The Bertz CT molecular complexity index is 742. The number of ether oxygens (including phenoxy) is 1. The van der Waals surface area contributed by atoms with Crippen LogP contribution < -0.4 is 0 Å². The molecule has 0 heterocycles. The molecule has 1 rings (SSSR count). The van der Waals surface area contributed by atoms with Gasteiger partial charge in [-0.05, 0) is 6.08 Å². The molecule has 0 aromatic heterocycles. The van der Waals surface area contributed by atoms with Crippen molar-refractivity contribution in [2.75, 3.05) is 0 Å². The molecule has 0 bridgehead atoms. The molecule has 0 aromatic rings. The Morgan fingerprint density at radius 1 is 1.14 bits per heavy atom. The summed E-state index contributed by atoms with van der Waals surface area (Å²) in [6.07, 6.45) is -11.6. The van der Waals surface area contributed by atoms with Gasteiger partial charge in [0, 0.05) is 12.0 Å². The molecule has 0 unspecified atom stereocenters. The zero-order valence-corrected chi connectivity index (χ0v) is 15.0. The molecule has 0 saturated carbocycles. The summed E-state index contributed by atoms with van der Waals surface area (Å²) in [5.74, 6) is -8.86. The van der Waals surface area contributed by atoms with E-state index in [1.807, 2.05) is 0 Å². The molecule has 1 aliphatic carbocycles. The minimum atomic E-state index is -5.92. The minimum absolute atomic E-state index is 0.514. The number of phosphoric ester groups is 2. The Labute approximate surface area is 153 Å². The van der Waals surface area contributed by atoms with Crippen molar-refractivity contribution in [3.63, 3.8) is 0 Å². The van der Waals surface area contributed by atoms with Gasteiger partial charge >= 0.3 is 39.8 Å². The zero-order valence-electron chi connectivity index (χ0n) is 13.2. The number of alkyl halides is 2. The lowest BCUT2D eigenvalue weighted by Gasteiger charge is -2.37. The first-order valence-corrected chi connectivity index (χ1v) is 9.86. The van der Waals surface area contributed by atoms with Crippen molar-refractivity contribution in [3.8, 4) is 0 Å². The van der Waals surface area contributed by atoms with Gasteiger partial charge < -0.3 is 39.6 Å². The molecule has 0 amide bonds. The van der Waals surface area contributed by atoms with Crippen LogP contribution in [0, 0.1) is 0 Å². The Hall–Kier alpha value is -1.32. The molecule has 0 radical (unpaired) electrons. The zero-order chi connectivity index (χ0) is 22.1. The lowest BCUT2D eigenvalue weighted by atomic mass is 9.92. The number of hydrogen-bond donors (Lipinski definition) is 7. The molecule has 14 nitrogen and oxygen atoms in total. The Kier molecular flexibility index (Phi) is 7.58. The van der Waals surface area contributed by atoms with E-state index in [2.05, 4.69) is 13.8 Å². The molecular weight excluding hydrogens is 444 g/mol. The summed E-state index contributed by atoms with van der Waals surface area (Å²) < 4.78 is 60.4. The van der Waals surface area contributed by atoms with Gasteiger partial charge in [-0.15, -0.1) is 0 Å². The molecular formula is C10H14F2O14P2. The average Bonchev–Trinajstić information content (AvgIpc) is 2.46. The average molecular weight is 458 g/mol. The maximum absolute atomic E-state index is 13.3. The number of phosphoric acid groups is 2. The highest BCUT2D eigenvalue weighted by atomic mass is 31.2. The van der Waals surface area contributed by atoms with Gasteiger partial charge in [0.15, 0.2) is 0 Å². The first-order valence-electron chi connectivity index (χ1n) is 6.80. The SMILES string of the molecule is O=C(O)C1=C[C@@H](OP(=O)(O)O)[C@@H](O)[C@H](O[C@@](OP(=O)(O)O)(C(=O)O)C(F)F)C1. The Balaban J connectivity index is 3.36. The standard InChI is InChI=1S/C10H14F2O14P2/c11-8(12)10(9(16)17,26-28(21,22)23)24-4-1-3(7(14)15)2-5(6(4)13)25-27(18,19)20/h2,4-6,8,13H,1H2,(H,14,15)(H,16,17)(H2,18,19,20)(H2,21,22,23)/t4-,5-,6+,10+/m1/s1. The Morgan fingerprint density at radius 3 is 2.04 bits per heavy atom. The predicted molar refractivity (Wildman–Crippen MR) is 77.6 cm³/mol. The lowest BCUT2D eigenvalue weighted by molar-refractivity contribution is -0.287. The van der Waals surface area contributed by atoms with Crippen molar-refractivity contribution in [2.45, 2.75) is 36.9 Å². The molecule has 0 spiro atoms. The maximum Gasteiger partial charge on any atom is 0.472 e. The third-order valence-corrected chi connectivity index (χ3v) is 4.23. The third-order valence-electron chi connectivity index (χ3n) is 3.20. The second-order valence-electron chi connectivity index (χ2n) is 5.26. The van der Waals surface area contributed by atoms with Crippen molar-refractivity contribution < 1.29 is 76.2 Å². The highest BCUT2D eigenvalue weighted by Crippen LogP contribution is 2.46. The van der Waals surface area contributed by atoms with E-state index in [1.54, 1.807) is 0 Å². The van der Waals surface area contributed by atoms with E-state index in [-0.39, 0.29) is 0 Å². The fraction of sp³-hybridized carbons (Fsp3) is 0.600. The molecule has 1 aliphatic rings. The molecule has 0 aliphatic heterocycles. The predicted octanol–water partition coefficient (Wildman–Crippen LogP) is -1.22. The summed E-state index contributed by atoms with van der Waals surface area (Å²) in [7, 11) is -11.3. The number of hydrogen-bond acceptors (Lipinski definition) is 8. The molecule has 4 atom stereocenters. The van der Waals surface area contributed by atoms with E-state index >= 15 is 0 Å². The molecule has 28 heavy (non-hydrogen) atoms. The molecule has 0 aromatic carbocycles. The second-order valence-corrected chi connectivity index (χ2v) is 7.62. The fourth-order valence-electron chi connectivity index (χ4n) is 2.13. The Morgan fingerprint density at radius 2 is 1.68 bits per heavy atom. The van der Waals surface area contributed by atoms with E-state index in [1.165, 1.54) is 0 Å². The van der Waals surface area contributed by atoms with Crippen LogP contribution in [0.3, 0.4) is 0 Å². The van der Waals surface area contributed by atoms with Crippen molar-refractivity contribution in [1.82, 2.24) is 0 Å². The number of aliphatic hydroxyl groups excluding tert-OH is 1. The van der Waals surface area contributed by atoms with E-state index in [0.717, 1.165) is 0 Å². The third kappa shape index (κ3) is 6.35. The fourth-order valence-corrected chi connectivity index (χ4v) is 3.19. The van der Waals surface area contributed by atoms with Crippen LogP contribution in [-0.4, -0.2) is 77.4 Å². The molecule has 0 saturated heterocycles. The lowest BCUT2D eigenvalue weighted by Crippen LogP contribution is -2.56. The van der Waals surface area contributed by atoms with Crippen LogP contribution >= 0.6 is 15.6 Å². The number of halogens is 2. The monoisotopic (exact) mass is 458 g/mol. The highest BCUT2D eigenvalue weighted by Gasteiger charge is 2.58. The topological polar surface area (TPSA) is 238 Å². The van der Waals surface area contributed by atoms with Gasteiger partial charge in [-0.1, -0.05) is 0 Å². The van der Waals surface area contributed by atoms with Crippen LogP contribution in [0.2, 0.25) is 0 Å². The van der Waals surface area contributed by atoms with Crippen LogP contribution in [0.5, 0.6) is 0 Å². The molecule has 7 N–H and O–H groups in total. The summed E-state index contributed by atoms with van der Waals surface area (Å²) >= 11 is 0. The van der Waals surface area contributed by atoms with Gasteiger partial charge in [-0.25, -0.2) is 32.0 Å². The maximum atomic E-state index is 13.3. The quantitative estimate of drug-likeness (QED) is 0.158. The van der Waals surface area contributed by atoms with E-state index in [4.69, 9.17) is 29.8 Å². The smallest absolute Gasteiger partial charge is 0.472 e.